The number of benzene rings is 3. The zero-order chi connectivity index (χ0) is 26.0. The van der Waals surface area contributed by atoms with Crippen LogP contribution in [0.1, 0.15) is 11.1 Å². The van der Waals surface area contributed by atoms with Crippen molar-refractivity contribution in [1.82, 2.24) is 0 Å². The fourth-order valence-electron chi connectivity index (χ4n) is 3.19. The Morgan fingerprint density at radius 1 is 0.914 bits per heavy atom. The van der Waals surface area contributed by atoms with Crippen molar-refractivity contribution in [2.75, 3.05) is 33.8 Å². The maximum atomic E-state index is 13.5. The largest absolute Gasteiger partial charge is 0.324 e. The molecule has 1 N–H and O–H groups in total. The van der Waals surface area contributed by atoms with Gasteiger partial charge in [0, 0.05) is 17.8 Å². The summed E-state index contributed by atoms with van der Waals surface area (Å²) in [4.78, 5) is 13.0. The first-order valence-corrected chi connectivity index (χ1v) is 14.1. The van der Waals surface area contributed by atoms with E-state index in [0.29, 0.717) is 16.4 Å². The molecule has 186 valence electrons. The number of nitrogens with zero attached hydrogens (tertiary/aromatic N) is 2. The summed E-state index contributed by atoms with van der Waals surface area (Å²) in [7, 11) is -6.20. The second-order valence-electron chi connectivity index (χ2n) is 8.09. The van der Waals surface area contributed by atoms with Crippen LogP contribution in [0.25, 0.3) is 0 Å². The van der Waals surface area contributed by atoms with Crippen molar-refractivity contribution < 1.29 is 21.6 Å². The number of amides is 1. The van der Waals surface area contributed by atoms with Crippen molar-refractivity contribution >= 4 is 54.6 Å². The monoisotopic (exact) mass is 535 g/mol. The molecule has 0 aliphatic carbocycles. The van der Waals surface area contributed by atoms with Gasteiger partial charge in [0.1, 0.15) is 6.54 Å². The van der Waals surface area contributed by atoms with Gasteiger partial charge >= 0.3 is 0 Å². The van der Waals surface area contributed by atoms with E-state index in [1.54, 1.807) is 49.4 Å². The number of sulfonamides is 2. The minimum absolute atomic E-state index is 0.0318. The summed E-state index contributed by atoms with van der Waals surface area (Å²) in [6, 6.07) is 17.3. The van der Waals surface area contributed by atoms with Gasteiger partial charge in [-0.2, -0.15) is 0 Å². The van der Waals surface area contributed by atoms with Gasteiger partial charge in [0.2, 0.25) is 15.9 Å². The Hall–Kier alpha value is -3.08. The standard InChI is InChI=1S/C24H26ClN3O5S2/c1-17-8-12-22(13-9-17)35(32,33)28(21-11-10-18(2)23(25)15-21)16-24(29)26-19-6-5-7-20(14-19)27(3)34(4,30)31/h5-15H,16H2,1-4H3,(H,26,29). The van der Waals surface area contributed by atoms with Gasteiger partial charge in [-0.1, -0.05) is 41.4 Å². The quantitative estimate of drug-likeness (QED) is 0.466. The third-order valence-corrected chi connectivity index (χ3v) is 8.73. The fraction of sp³-hybridized carbons (Fsp3) is 0.208. The number of hydrogen-bond donors (Lipinski definition) is 1. The number of halogens is 1. The van der Waals surface area contributed by atoms with Crippen LogP contribution in [-0.4, -0.2) is 42.6 Å². The molecule has 0 unspecified atom stereocenters. The Labute approximate surface area is 211 Å². The Bertz CT molecular complexity index is 1460. The predicted molar refractivity (Wildman–Crippen MR) is 140 cm³/mol. The summed E-state index contributed by atoms with van der Waals surface area (Å²) < 4.78 is 52.8. The van der Waals surface area contributed by atoms with Crippen molar-refractivity contribution in [1.29, 1.82) is 0 Å². The highest BCUT2D eigenvalue weighted by Crippen LogP contribution is 2.28. The Kier molecular flexibility index (Phi) is 7.78. The van der Waals surface area contributed by atoms with E-state index in [0.717, 1.165) is 26.0 Å². The Balaban J connectivity index is 1.94. The summed E-state index contributed by atoms with van der Waals surface area (Å²) in [5.41, 5.74) is 2.56. The number of hydrogen-bond acceptors (Lipinski definition) is 5. The lowest BCUT2D eigenvalue weighted by molar-refractivity contribution is -0.114. The van der Waals surface area contributed by atoms with Crippen LogP contribution in [0.4, 0.5) is 17.1 Å². The van der Waals surface area contributed by atoms with E-state index >= 15 is 0 Å². The highest BCUT2D eigenvalue weighted by molar-refractivity contribution is 7.93. The first-order chi connectivity index (χ1) is 16.3. The lowest BCUT2D eigenvalue weighted by atomic mass is 10.2. The molecule has 0 bridgehead atoms. The van der Waals surface area contributed by atoms with Crippen LogP contribution in [0.15, 0.2) is 71.6 Å². The summed E-state index contributed by atoms with van der Waals surface area (Å²) in [5.74, 6) is -0.614. The van der Waals surface area contributed by atoms with Crippen molar-refractivity contribution in [3.05, 3.63) is 82.9 Å². The van der Waals surface area contributed by atoms with Crippen LogP contribution in [-0.2, 0) is 24.8 Å². The van der Waals surface area contributed by atoms with Crippen molar-refractivity contribution in [3.8, 4) is 0 Å². The van der Waals surface area contributed by atoms with E-state index in [4.69, 9.17) is 11.6 Å². The zero-order valence-corrected chi connectivity index (χ0v) is 22.1. The minimum atomic E-state index is -4.10. The second-order valence-corrected chi connectivity index (χ2v) is 12.4. The number of aryl methyl sites for hydroxylation is 2. The molecule has 1 amide bonds. The van der Waals surface area contributed by atoms with Crippen LogP contribution in [0.3, 0.4) is 0 Å². The van der Waals surface area contributed by atoms with E-state index in [2.05, 4.69) is 5.32 Å². The number of carbonyl (C=O) groups is 1. The van der Waals surface area contributed by atoms with Gasteiger partial charge in [-0.15, -0.1) is 0 Å². The fourth-order valence-corrected chi connectivity index (χ4v) is 5.28. The molecule has 0 radical (unpaired) electrons. The van der Waals surface area contributed by atoms with Crippen LogP contribution >= 0.6 is 11.6 Å². The molecule has 3 rings (SSSR count). The van der Waals surface area contributed by atoms with Crippen LogP contribution in [0, 0.1) is 13.8 Å². The molecule has 11 heteroatoms. The van der Waals surface area contributed by atoms with Crippen LogP contribution < -0.4 is 13.9 Å². The molecule has 0 heterocycles. The van der Waals surface area contributed by atoms with Gasteiger partial charge < -0.3 is 5.32 Å². The molecule has 0 saturated heterocycles. The molecule has 0 saturated carbocycles. The molecule has 0 atom stereocenters. The van der Waals surface area contributed by atoms with E-state index in [-0.39, 0.29) is 10.6 Å². The molecule has 0 fully saturated rings. The molecule has 0 aromatic heterocycles. The van der Waals surface area contributed by atoms with Crippen molar-refractivity contribution in [2.45, 2.75) is 18.7 Å². The Morgan fingerprint density at radius 3 is 2.17 bits per heavy atom. The lowest BCUT2D eigenvalue weighted by Crippen LogP contribution is -2.38. The van der Waals surface area contributed by atoms with Gasteiger partial charge in [0.25, 0.3) is 10.0 Å². The van der Waals surface area contributed by atoms with Crippen LogP contribution in [0.5, 0.6) is 0 Å². The zero-order valence-electron chi connectivity index (χ0n) is 19.7. The smallest absolute Gasteiger partial charge is 0.264 e. The molecule has 35 heavy (non-hydrogen) atoms. The average molecular weight is 536 g/mol. The summed E-state index contributed by atoms with van der Waals surface area (Å²) in [5, 5.41) is 3.01. The molecular formula is C24H26ClN3O5S2. The number of carbonyl (C=O) groups excluding carboxylic acids is 1. The van der Waals surface area contributed by atoms with Gasteiger partial charge in [-0.05, 0) is 61.9 Å². The van der Waals surface area contributed by atoms with Crippen molar-refractivity contribution in [3.63, 3.8) is 0 Å². The predicted octanol–water partition coefficient (Wildman–Crippen LogP) is 4.19. The maximum Gasteiger partial charge on any atom is 0.264 e. The molecular weight excluding hydrogens is 510 g/mol. The van der Waals surface area contributed by atoms with Gasteiger partial charge in [0.05, 0.1) is 22.5 Å². The average Bonchev–Trinajstić information content (AvgIpc) is 2.78. The summed E-state index contributed by atoms with van der Waals surface area (Å²) >= 11 is 6.25. The first kappa shape index (κ1) is 26.5. The number of anilines is 3. The third kappa shape index (κ3) is 6.33. The molecule has 8 nitrogen and oxygen atoms in total. The van der Waals surface area contributed by atoms with E-state index in [9.17, 15) is 21.6 Å². The maximum absolute atomic E-state index is 13.5. The van der Waals surface area contributed by atoms with Gasteiger partial charge in [0.15, 0.2) is 0 Å². The second kappa shape index (κ2) is 10.3. The van der Waals surface area contributed by atoms with E-state index in [1.165, 1.54) is 31.3 Å². The normalized spacial score (nSPS) is 11.7. The molecule has 0 aliphatic heterocycles. The number of nitrogens with one attached hydrogen (secondary N) is 1. The molecule has 3 aromatic carbocycles. The van der Waals surface area contributed by atoms with Crippen LogP contribution in [0.2, 0.25) is 5.02 Å². The molecule has 0 spiro atoms. The van der Waals surface area contributed by atoms with Gasteiger partial charge in [-0.3, -0.25) is 13.4 Å². The summed E-state index contributed by atoms with van der Waals surface area (Å²) in [6.07, 6.45) is 1.07. The first-order valence-electron chi connectivity index (χ1n) is 10.5. The third-order valence-electron chi connectivity index (χ3n) is 5.33. The lowest BCUT2D eigenvalue weighted by Gasteiger charge is -2.25. The molecule has 3 aromatic rings. The SMILES string of the molecule is Cc1ccc(S(=O)(=O)N(CC(=O)Nc2cccc(N(C)S(C)(=O)=O)c2)c2ccc(C)c(Cl)c2)cc1. The topological polar surface area (TPSA) is 104 Å². The number of rotatable bonds is 8. The summed E-state index contributed by atoms with van der Waals surface area (Å²) in [6.45, 7) is 3.11. The highest BCUT2D eigenvalue weighted by Gasteiger charge is 2.28. The minimum Gasteiger partial charge on any atom is -0.324 e. The molecule has 0 aliphatic rings. The van der Waals surface area contributed by atoms with Crippen molar-refractivity contribution in [2.24, 2.45) is 0 Å². The van der Waals surface area contributed by atoms with E-state index in [1.807, 2.05) is 6.92 Å². The highest BCUT2D eigenvalue weighted by atomic mass is 35.5. The van der Waals surface area contributed by atoms with E-state index < -0.39 is 32.5 Å². The van der Waals surface area contributed by atoms with Gasteiger partial charge in [-0.25, -0.2) is 16.8 Å². The Morgan fingerprint density at radius 2 is 1.57 bits per heavy atom.